The molecule has 1 atom stereocenters. The number of quaternary nitrogens is 1. The van der Waals surface area contributed by atoms with Crippen LogP contribution in [-0.2, 0) is 23.8 Å². The van der Waals surface area contributed by atoms with Gasteiger partial charge >= 0.3 is 11.9 Å². The molecule has 0 aromatic heterocycles. The summed E-state index contributed by atoms with van der Waals surface area (Å²) in [7, 11) is 8.46. The average Bonchev–Trinajstić information content (AvgIpc) is 2.24. The molecule has 0 rings (SSSR count). The quantitative estimate of drug-likeness (QED) is 0.361. The van der Waals surface area contributed by atoms with E-state index in [4.69, 9.17) is 4.74 Å². The fraction of sp³-hybridized carbons (Fsp3) is 0.818. The minimum Gasteiger partial charge on any atom is -0.469 e. The van der Waals surface area contributed by atoms with Crippen LogP contribution in [0.15, 0.2) is 0 Å². The molecule has 6 nitrogen and oxygen atoms in total. The first-order chi connectivity index (χ1) is 7.80. The molecule has 0 fully saturated rings. The van der Waals surface area contributed by atoms with Crippen molar-refractivity contribution in [1.29, 1.82) is 0 Å². The summed E-state index contributed by atoms with van der Waals surface area (Å²) in [6.07, 6.45) is -0.0275. The van der Waals surface area contributed by atoms with Gasteiger partial charge in [-0.2, -0.15) is 0 Å². The van der Waals surface area contributed by atoms with Crippen LogP contribution in [0, 0.1) is 5.92 Å². The fourth-order valence-electron chi connectivity index (χ4n) is 1.13. The predicted octanol–water partition coefficient (Wildman–Crippen LogP) is 0.0190. The number of ether oxygens (including phenoxy) is 3. The van der Waals surface area contributed by atoms with Gasteiger partial charge in [0.1, 0.15) is 0 Å². The molecule has 1 unspecified atom stereocenters. The number of hydrogen-bond acceptors (Lipinski definition) is 5. The Hall–Kier alpha value is -1.14. The van der Waals surface area contributed by atoms with Crippen molar-refractivity contribution in [3.05, 3.63) is 0 Å². The minimum atomic E-state index is -0.612. The molecule has 0 amide bonds. The van der Waals surface area contributed by atoms with Gasteiger partial charge in [-0.1, -0.05) is 0 Å². The molecule has 0 saturated heterocycles. The van der Waals surface area contributed by atoms with Crippen LogP contribution in [0.5, 0.6) is 0 Å². The van der Waals surface area contributed by atoms with E-state index in [1.165, 1.54) is 14.2 Å². The van der Waals surface area contributed by atoms with Crippen LogP contribution in [0.2, 0.25) is 0 Å². The lowest BCUT2D eigenvalue weighted by Crippen LogP contribution is -2.38. The molecular weight excluding hydrogens is 226 g/mol. The maximum Gasteiger partial charge on any atom is 0.311 e. The largest absolute Gasteiger partial charge is 0.469 e. The van der Waals surface area contributed by atoms with Gasteiger partial charge in [-0.15, -0.1) is 0 Å². The Bertz CT molecular complexity index is 259. The molecule has 0 N–H and O–H groups in total. The molecule has 0 aromatic rings. The van der Waals surface area contributed by atoms with Gasteiger partial charge in [0.25, 0.3) is 0 Å². The number of rotatable bonds is 7. The molecule has 6 heteroatoms. The summed E-state index contributed by atoms with van der Waals surface area (Å²) < 4.78 is 15.1. The van der Waals surface area contributed by atoms with Crippen LogP contribution in [0.25, 0.3) is 0 Å². The Morgan fingerprint density at radius 1 is 1.12 bits per heavy atom. The zero-order chi connectivity index (χ0) is 13.5. The number of hydrogen-bond donors (Lipinski definition) is 0. The van der Waals surface area contributed by atoms with E-state index in [-0.39, 0.29) is 13.0 Å². The summed E-state index contributed by atoms with van der Waals surface area (Å²) in [5, 5.41) is 0. The Morgan fingerprint density at radius 2 is 1.71 bits per heavy atom. The van der Waals surface area contributed by atoms with Gasteiger partial charge < -0.3 is 18.7 Å². The van der Waals surface area contributed by atoms with Crippen molar-refractivity contribution in [2.24, 2.45) is 5.92 Å². The highest BCUT2D eigenvalue weighted by atomic mass is 16.5. The standard InChI is InChI=1S/C11H22NO5/c1-12(2,3)8-17-7-9(11(14)16-5)6-10(13)15-4/h9H,6-8H2,1-5H3/q+1. The summed E-state index contributed by atoms with van der Waals surface area (Å²) in [6.45, 7) is 0.603. The highest BCUT2D eigenvalue weighted by Gasteiger charge is 2.24. The second-order valence-corrected chi connectivity index (χ2v) is 4.79. The molecule has 0 bridgehead atoms. The van der Waals surface area contributed by atoms with Gasteiger partial charge in [0.05, 0.1) is 54.3 Å². The minimum absolute atomic E-state index is 0.0275. The number of carbonyl (C=O) groups is 2. The number of methoxy groups -OCH3 is 2. The number of esters is 2. The molecule has 17 heavy (non-hydrogen) atoms. The lowest BCUT2D eigenvalue weighted by molar-refractivity contribution is -0.890. The van der Waals surface area contributed by atoms with Crippen LogP contribution >= 0.6 is 0 Å². The van der Waals surface area contributed by atoms with E-state index in [0.717, 1.165) is 0 Å². The van der Waals surface area contributed by atoms with Crippen molar-refractivity contribution >= 4 is 11.9 Å². The maximum atomic E-state index is 11.4. The van der Waals surface area contributed by atoms with E-state index in [1.54, 1.807) is 0 Å². The highest BCUT2D eigenvalue weighted by molar-refractivity contribution is 5.79. The SMILES string of the molecule is COC(=O)CC(COC[N+](C)(C)C)C(=O)OC. The molecule has 0 radical (unpaired) electrons. The molecule has 0 aromatic carbocycles. The number of carbonyl (C=O) groups excluding carboxylic acids is 2. The summed E-state index contributed by atoms with van der Waals surface area (Å²) in [6, 6.07) is 0. The fourth-order valence-corrected chi connectivity index (χ4v) is 1.13. The molecule has 0 spiro atoms. The van der Waals surface area contributed by atoms with Crippen LogP contribution in [-0.4, -0.2) is 65.1 Å². The van der Waals surface area contributed by atoms with E-state index in [2.05, 4.69) is 9.47 Å². The molecule has 0 heterocycles. The van der Waals surface area contributed by atoms with Gasteiger partial charge in [0.15, 0.2) is 6.73 Å². The van der Waals surface area contributed by atoms with Crippen molar-refractivity contribution in [3.8, 4) is 0 Å². The average molecular weight is 248 g/mol. The van der Waals surface area contributed by atoms with E-state index in [9.17, 15) is 9.59 Å². The zero-order valence-corrected chi connectivity index (χ0v) is 11.2. The Balaban J connectivity index is 4.21. The summed E-state index contributed by atoms with van der Waals surface area (Å²) in [4.78, 5) is 22.5. The van der Waals surface area contributed by atoms with Gasteiger partial charge in [-0.05, 0) is 0 Å². The molecule has 0 aliphatic rings. The first kappa shape index (κ1) is 15.9. The second kappa shape index (κ2) is 7.24. The molecule has 100 valence electrons. The van der Waals surface area contributed by atoms with Crippen molar-refractivity contribution in [2.45, 2.75) is 6.42 Å². The molecule has 0 aliphatic carbocycles. The Kier molecular flexibility index (Phi) is 6.75. The van der Waals surface area contributed by atoms with Gasteiger partial charge in [-0.3, -0.25) is 9.59 Å². The van der Waals surface area contributed by atoms with Crippen LogP contribution < -0.4 is 0 Å². The van der Waals surface area contributed by atoms with Crippen LogP contribution in [0.4, 0.5) is 0 Å². The lowest BCUT2D eigenvalue weighted by Gasteiger charge is -2.24. The highest BCUT2D eigenvalue weighted by Crippen LogP contribution is 2.08. The Labute approximate surface area is 102 Å². The monoisotopic (exact) mass is 248 g/mol. The third-order valence-corrected chi connectivity index (χ3v) is 1.97. The molecular formula is C11H22NO5+. The summed E-state index contributed by atoms with van der Waals surface area (Å²) in [5.74, 6) is -1.52. The summed E-state index contributed by atoms with van der Waals surface area (Å²) >= 11 is 0. The molecule has 0 saturated carbocycles. The second-order valence-electron chi connectivity index (χ2n) is 4.79. The molecule has 0 aliphatic heterocycles. The topological polar surface area (TPSA) is 61.8 Å². The van der Waals surface area contributed by atoms with Crippen molar-refractivity contribution in [1.82, 2.24) is 0 Å². The smallest absolute Gasteiger partial charge is 0.311 e. The predicted molar refractivity (Wildman–Crippen MR) is 61.0 cm³/mol. The third kappa shape index (κ3) is 7.70. The van der Waals surface area contributed by atoms with Crippen molar-refractivity contribution in [3.63, 3.8) is 0 Å². The van der Waals surface area contributed by atoms with Crippen molar-refractivity contribution in [2.75, 3.05) is 48.7 Å². The first-order valence-electron chi connectivity index (χ1n) is 5.33. The van der Waals surface area contributed by atoms with Gasteiger partial charge in [-0.25, -0.2) is 0 Å². The van der Waals surface area contributed by atoms with Crippen LogP contribution in [0.3, 0.4) is 0 Å². The van der Waals surface area contributed by atoms with Crippen molar-refractivity contribution < 1.29 is 28.3 Å². The number of nitrogens with zero attached hydrogens (tertiary/aromatic N) is 1. The summed E-state index contributed by atoms with van der Waals surface area (Å²) in [5.41, 5.74) is 0. The normalized spacial score (nSPS) is 13.0. The van der Waals surface area contributed by atoms with E-state index < -0.39 is 17.9 Å². The van der Waals surface area contributed by atoms with Crippen LogP contribution in [0.1, 0.15) is 6.42 Å². The lowest BCUT2D eigenvalue weighted by atomic mass is 10.1. The first-order valence-corrected chi connectivity index (χ1v) is 5.33. The third-order valence-electron chi connectivity index (χ3n) is 1.97. The van der Waals surface area contributed by atoms with E-state index in [0.29, 0.717) is 11.2 Å². The maximum absolute atomic E-state index is 11.4. The van der Waals surface area contributed by atoms with Gasteiger partial charge in [0.2, 0.25) is 0 Å². The Morgan fingerprint density at radius 3 is 2.12 bits per heavy atom. The van der Waals surface area contributed by atoms with E-state index >= 15 is 0 Å². The van der Waals surface area contributed by atoms with Gasteiger partial charge in [0, 0.05) is 0 Å². The zero-order valence-electron chi connectivity index (χ0n) is 11.2. The van der Waals surface area contributed by atoms with E-state index in [1.807, 2.05) is 21.1 Å².